The molecule has 2 aromatic heterocycles. The highest BCUT2D eigenvalue weighted by Crippen LogP contribution is 2.40. The number of hydrogen-bond acceptors (Lipinski definition) is 3. The summed E-state index contributed by atoms with van der Waals surface area (Å²) in [6.45, 7) is 3.45. The molecule has 2 heterocycles. The number of fused-ring (bicyclic) bond motifs is 1. The minimum absolute atomic E-state index is 0.110. The molecule has 0 N–H and O–H groups in total. The highest BCUT2D eigenvalue weighted by atomic mass is 35.5. The lowest BCUT2D eigenvalue weighted by Crippen LogP contribution is -2.24. The second-order valence-corrected chi connectivity index (χ2v) is 7.03. The van der Waals surface area contributed by atoms with Crippen molar-refractivity contribution < 1.29 is 9.53 Å². The molecule has 0 bridgehead atoms. The highest BCUT2D eigenvalue weighted by Gasteiger charge is 2.21. The van der Waals surface area contributed by atoms with E-state index in [0.717, 1.165) is 5.69 Å². The SMILES string of the molecule is CC(=O)N(C)c1c(Cl)cc(Cl)c(COc2cccn3cc(C)nc23)c1Cl. The van der Waals surface area contributed by atoms with Crippen LogP contribution in [0.3, 0.4) is 0 Å². The van der Waals surface area contributed by atoms with E-state index in [2.05, 4.69) is 4.98 Å². The molecule has 1 amide bonds. The van der Waals surface area contributed by atoms with Gasteiger partial charge in [0.25, 0.3) is 0 Å². The molecule has 26 heavy (non-hydrogen) atoms. The monoisotopic (exact) mass is 411 g/mol. The second-order valence-electron chi connectivity index (χ2n) is 5.83. The van der Waals surface area contributed by atoms with Crippen LogP contribution in [-0.2, 0) is 11.4 Å². The van der Waals surface area contributed by atoms with Gasteiger partial charge in [0, 0.05) is 31.9 Å². The Bertz CT molecular complexity index is 1000. The maximum Gasteiger partial charge on any atom is 0.223 e. The lowest BCUT2D eigenvalue weighted by atomic mass is 10.2. The van der Waals surface area contributed by atoms with E-state index in [9.17, 15) is 4.79 Å². The average Bonchev–Trinajstić information content (AvgIpc) is 2.95. The quantitative estimate of drug-likeness (QED) is 0.594. The first-order valence-electron chi connectivity index (χ1n) is 7.77. The summed E-state index contributed by atoms with van der Waals surface area (Å²) in [5, 5.41) is 0.950. The summed E-state index contributed by atoms with van der Waals surface area (Å²) in [5.74, 6) is 0.407. The zero-order valence-corrected chi connectivity index (χ0v) is 16.7. The molecule has 0 atom stereocenters. The van der Waals surface area contributed by atoms with Gasteiger partial charge in [-0.15, -0.1) is 0 Å². The Morgan fingerprint density at radius 1 is 1.31 bits per heavy atom. The Morgan fingerprint density at radius 3 is 2.73 bits per heavy atom. The Kier molecular flexibility index (Phi) is 5.32. The zero-order valence-electron chi connectivity index (χ0n) is 14.4. The standard InChI is InChI=1S/C18H16Cl3N3O2/c1-10-8-24-6-4-5-15(18(24)22-10)26-9-12-13(19)7-14(20)17(16(12)21)23(3)11(2)25/h4-8H,9H2,1-3H3. The van der Waals surface area contributed by atoms with Gasteiger partial charge in [0.1, 0.15) is 6.61 Å². The number of benzene rings is 1. The molecule has 0 spiro atoms. The fourth-order valence-corrected chi connectivity index (χ4v) is 3.71. The van der Waals surface area contributed by atoms with Crippen molar-refractivity contribution in [3.8, 4) is 5.75 Å². The maximum absolute atomic E-state index is 11.7. The molecular formula is C18H16Cl3N3O2. The fourth-order valence-electron chi connectivity index (χ4n) is 2.59. The number of halogens is 3. The second kappa shape index (κ2) is 7.35. The van der Waals surface area contributed by atoms with E-state index in [4.69, 9.17) is 39.5 Å². The lowest BCUT2D eigenvalue weighted by Gasteiger charge is -2.21. The number of pyridine rings is 1. The van der Waals surface area contributed by atoms with E-state index in [-0.39, 0.29) is 17.5 Å². The summed E-state index contributed by atoms with van der Waals surface area (Å²) in [5.41, 5.74) is 2.53. The number of carbonyl (C=O) groups is 1. The molecule has 3 aromatic rings. The zero-order chi connectivity index (χ0) is 19.0. The molecule has 1 aromatic carbocycles. The van der Waals surface area contributed by atoms with Crippen molar-refractivity contribution in [1.29, 1.82) is 0 Å². The van der Waals surface area contributed by atoms with Crippen LogP contribution in [0.2, 0.25) is 15.1 Å². The first kappa shape index (κ1) is 18.8. The van der Waals surface area contributed by atoms with Gasteiger partial charge in [0.05, 0.1) is 26.4 Å². The third-order valence-corrected chi connectivity index (χ3v) is 5.02. The minimum atomic E-state index is -0.194. The number of anilines is 1. The Labute approximate surface area is 166 Å². The van der Waals surface area contributed by atoms with Crippen LogP contribution in [0, 0.1) is 6.92 Å². The number of aromatic nitrogens is 2. The molecule has 0 aliphatic heterocycles. The van der Waals surface area contributed by atoms with E-state index >= 15 is 0 Å². The number of rotatable bonds is 4. The number of imidazole rings is 1. The van der Waals surface area contributed by atoms with E-state index in [1.807, 2.05) is 35.9 Å². The van der Waals surface area contributed by atoms with Crippen LogP contribution < -0.4 is 9.64 Å². The van der Waals surface area contributed by atoms with Crippen LogP contribution in [-0.4, -0.2) is 22.3 Å². The van der Waals surface area contributed by atoms with Crippen molar-refractivity contribution in [2.45, 2.75) is 20.5 Å². The van der Waals surface area contributed by atoms with Gasteiger partial charge >= 0.3 is 0 Å². The molecule has 3 rings (SSSR count). The van der Waals surface area contributed by atoms with Crippen LogP contribution in [0.1, 0.15) is 18.2 Å². The molecule has 0 saturated carbocycles. The Hall–Kier alpha value is -1.95. The number of amides is 1. The summed E-state index contributed by atoms with van der Waals surface area (Å²) in [7, 11) is 1.60. The van der Waals surface area contributed by atoms with E-state index < -0.39 is 0 Å². The Morgan fingerprint density at radius 2 is 2.04 bits per heavy atom. The lowest BCUT2D eigenvalue weighted by molar-refractivity contribution is -0.116. The van der Waals surface area contributed by atoms with Gasteiger partial charge in [-0.25, -0.2) is 4.98 Å². The van der Waals surface area contributed by atoms with Gasteiger partial charge in [-0.1, -0.05) is 34.8 Å². The van der Waals surface area contributed by atoms with Crippen LogP contribution >= 0.6 is 34.8 Å². The van der Waals surface area contributed by atoms with E-state index in [1.54, 1.807) is 13.1 Å². The van der Waals surface area contributed by atoms with Crippen molar-refractivity contribution in [2.75, 3.05) is 11.9 Å². The molecule has 8 heteroatoms. The van der Waals surface area contributed by atoms with Crippen LogP contribution in [0.4, 0.5) is 5.69 Å². The molecule has 0 aliphatic rings. The largest absolute Gasteiger partial charge is 0.485 e. The summed E-state index contributed by atoms with van der Waals surface area (Å²) in [4.78, 5) is 17.5. The molecule has 0 aliphatic carbocycles. The summed E-state index contributed by atoms with van der Waals surface area (Å²) in [6.07, 6.45) is 3.80. The summed E-state index contributed by atoms with van der Waals surface area (Å²) in [6, 6.07) is 5.24. The fraction of sp³-hybridized carbons (Fsp3) is 0.222. The van der Waals surface area contributed by atoms with Crippen molar-refractivity contribution in [3.05, 3.63) is 56.9 Å². The van der Waals surface area contributed by atoms with Crippen LogP contribution in [0.15, 0.2) is 30.6 Å². The number of nitrogens with zero attached hydrogens (tertiary/aromatic N) is 3. The summed E-state index contributed by atoms with van der Waals surface area (Å²) >= 11 is 19.0. The van der Waals surface area contributed by atoms with Crippen molar-refractivity contribution >= 4 is 52.0 Å². The number of ether oxygens (including phenoxy) is 1. The third-order valence-electron chi connectivity index (χ3n) is 3.99. The Balaban J connectivity index is 1.97. The van der Waals surface area contributed by atoms with Gasteiger partial charge < -0.3 is 14.0 Å². The van der Waals surface area contributed by atoms with Crippen molar-refractivity contribution in [1.82, 2.24) is 9.38 Å². The van der Waals surface area contributed by atoms with Gasteiger partial charge in [-0.05, 0) is 25.1 Å². The average molecular weight is 413 g/mol. The predicted molar refractivity (Wildman–Crippen MR) is 105 cm³/mol. The molecule has 136 valence electrons. The molecule has 0 unspecified atom stereocenters. The maximum atomic E-state index is 11.7. The molecule has 5 nitrogen and oxygen atoms in total. The van der Waals surface area contributed by atoms with Crippen LogP contribution in [0.5, 0.6) is 5.75 Å². The topological polar surface area (TPSA) is 46.8 Å². The molecular weight excluding hydrogens is 397 g/mol. The minimum Gasteiger partial charge on any atom is -0.485 e. The van der Waals surface area contributed by atoms with Gasteiger partial charge in [-0.2, -0.15) is 0 Å². The molecule has 0 saturated heterocycles. The smallest absolute Gasteiger partial charge is 0.223 e. The first-order chi connectivity index (χ1) is 12.3. The highest BCUT2D eigenvalue weighted by molar-refractivity contribution is 6.43. The van der Waals surface area contributed by atoms with E-state index in [1.165, 1.54) is 11.8 Å². The van der Waals surface area contributed by atoms with Gasteiger partial charge in [0.2, 0.25) is 5.91 Å². The normalized spacial score (nSPS) is 11.0. The predicted octanol–water partition coefficient (Wildman–Crippen LogP) is 5.16. The number of carbonyl (C=O) groups excluding carboxylic acids is 1. The number of hydrogen-bond donors (Lipinski definition) is 0. The summed E-state index contributed by atoms with van der Waals surface area (Å²) < 4.78 is 7.80. The van der Waals surface area contributed by atoms with Crippen molar-refractivity contribution in [3.63, 3.8) is 0 Å². The number of aryl methyl sites for hydroxylation is 1. The van der Waals surface area contributed by atoms with Crippen LogP contribution in [0.25, 0.3) is 5.65 Å². The third kappa shape index (κ3) is 3.47. The molecule has 0 fully saturated rings. The van der Waals surface area contributed by atoms with E-state index in [0.29, 0.717) is 32.7 Å². The van der Waals surface area contributed by atoms with Crippen molar-refractivity contribution in [2.24, 2.45) is 0 Å². The first-order valence-corrected chi connectivity index (χ1v) is 8.90. The van der Waals surface area contributed by atoms with Gasteiger partial charge in [-0.3, -0.25) is 4.79 Å². The molecule has 0 radical (unpaired) electrons. The van der Waals surface area contributed by atoms with Gasteiger partial charge in [0.15, 0.2) is 11.4 Å².